The van der Waals surface area contributed by atoms with Crippen molar-refractivity contribution in [3.8, 4) is 17.2 Å². The molecule has 36 heavy (non-hydrogen) atoms. The summed E-state index contributed by atoms with van der Waals surface area (Å²) in [6.45, 7) is 8.80. The SMILES string of the molecule is CC[C@H](C(=O)N[C@H](C)c1ccc2c(c1)OCCO2)n1c(C)c2cnn(-c3ccccc3)c(=O)c2c1C. The van der Waals surface area contributed by atoms with Crippen molar-refractivity contribution in [1.82, 2.24) is 19.7 Å². The van der Waals surface area contributed by atoms with Crippen LogP contribution in [-0.2, 0) is 4.79 Å². The summed E-state index contributed by atoms with van der Waals surface area (Å²) in [5.41, 5.74) is 3.04. The molecule has 0 spiro atoms. The molecule has 8 nitrogen and oxygen atoms in total. The molecular weight excluding hydrogens is 456 g/mol. The molecule has 2 atom stereocenters. The van der Waals surface area contributed by atoms with Gasteiger partial charge in [-0.2, -0.15) is 9.78 Å². The minimum atomic E-state index is -0.471. The Bertz CT molecular complexity index is 1490. The zero-order valence-electron chi connectivity index (χ0n) is 20.9. The Balaban J connectivity index is 1.47. The van der Waals surface area contributed by atoms with Crippen molar-refractivity contribution in [1.29, 1.82) is 0 Å². The molecule has 2 aromatic heterocycles. The quantitative estimate of drug-likeness (QED) is 0.436. The predicted molar refractivity (Wildman–Crippen MR) is 138 cm³/mol. The summed E-state index contributed by atoms with van der Waals surface area (Å²) in [4.78, 5) is 27.0. The van der Waals surface area contributed by atoms with Crippen molar-refractivity contribution >= 4 is 16.7 Å². The molecule has 2 aromatic carbocycles. The van der Waals surface area contributed by atoms with Crippen LogP contribution in [0.5, 0.6) is 11.5 Å². The maximum atomic E-state index is 13.5. The van der Waals surface area contributed by atoms with Crippen LogP contribution in [0, 0.1) is 13.8 Å². The van der Waals surface area contributed by atoms with Crippen LogP contribution < -0.4 is 20.3 Å². The molecule has 0 saturated heterocycles. The number of hydrogen-bond acceptors (Lipinski definition) is 5. The Hall–Kier alpha value is -4.07. The molecule has 186 valence electrons. The van der Waals surface area contributed by atoms with Gasteiger partial charge in [-0.15, -0.1) is 0 Å². The summed E-state index contributed by atoms with van der Waals surface area (Å²) < 4.78 is 14.7. The van der Waals surface area contributed by atoms with Gasteiger partial charge in [0.05, 0.1) is 23.3 Å². The highest BCUT2D eigenvalue weighted by Gasteiger charge is 2.27. The average molecular weight is 487 g/mol. The normalized spacial score (nSPS) is 14.4. The standard InChI is InChI=1S/C28H30N4O4/c1-5-23(27(33)30-17(2)20-11-12-24-25(15-20)36-14-13-35-24)31-18(3)22-16-29-32(21-9-7-6-8-10-21)28(34)26(22)19(31)4/h6-12,15-17,23H,5,13-14H2,1-4H3,(H,30,33)/t17-,23-/m1/s1. The van der Waals surface area contributed by atoms with Crippen molar-refractivity contribution in [2.75, 3.05) is 13.2 Å². The molecule has 8 heteroatoms. The lowest BCUT2D eigenvalue weighted by Gasteiger charge is -2.24. The highest BCUT2D eigenvalue weighted by atomic mass is 16.6. The lowest BCUT2D eigenvalue weighted by Crippen LogP contribution is -2.35. The Kier molecular flexibility index (Phi) is 6.26. The van der Waals surface area contributed by atoms with Gasteiger partial charge in [0, 0.05) is 16.8 Å². The molecule has 0 bridgehead atoms. The van der Waals surface area contributed by atoms with Crippen LogP contribution in [-0.4, -0.2) is 33.5 Å². The first-order valence-corrected chi connectivity index (χ1v) is 12.3. The number of carbonyl (C=O) groups excluding carboxylic acids is 1. The third kappa shape index (κ3) is 4.02. The second kappa shape index (κ2) is 9.53. The summed E-state index contributed by atoms with van der Waals surface area (Å²) in [5, 5.41) is 8.90. The van der Waals surface area contributed by atoms with Gasteiger partial charge >= 0.3 is 0 Å². The van der Waals surface area contributed by atoms with Gasteiger partial charge in [0.15, 0.2) is 11.5 Å². The molecule has 0 fully saturated rings. The minimum Gasteiger partial charge on any atom is -0.486 e. The summed E-state index contributed by atoms with van der Waals surface area (Å²) in [6, 6.07) is 14.4. The fraction of sp³-hybridized carbons (Fsp3) is 0.321. The zero-order chi connectivity index (χ0) is 25.4. The highest BCUT2D eigenvalue weighted by Crippen LogP contribution is 2.33. The van der Waals surface area contributed by atoms with Gasteiger partial charge in [-0.05, 0) is 57.0 Å². The summed E-state index contributed by atoms with van der Waals surface area (Å²) in [5.74, 6) is 1.30. The van der Waals surface area contributed by atoms with Gasteiger partial charge in [-0.3, -0.25) is 9.59 Å². The van der Waals surface area contributed by atoms with Gasteiger partial charge in [0.25, 0.3) is 5.56 Å². The maximum absolute atomic E-state index is 13.5. The van der Waals surface area contributed by atoms with Crippen molar-refractivity contribution in [2.24, 2.45) is 0 Å². The Morgan fingerprint density at radius 2 is 1.78 bits per heavy atom. The second-order valence-corrected chi connectivity index (χ2v) is 9.08. The molecule has 3 heterocycles. The summed E-state index contributed by atoms with van der Waals surface area (Å²) in [6.07, 6.45) is 2.29. The number of amides is 1. The first-order valence-electron chi connectivity index (χ1n) is 12.3. The number of fused-ring (bicyclic) bond motifs is 2. The van der Waals surface area contributed by atoms with Gasteiger partial charge in [0.2, 0.25) is 5.91 Å². The molecule has 0 aliphatic carbocycles. The lowest BCUT2D eigenvalue weighted by molar-refractivity contribution is -0.125. The van der Waals surface area contributed by atoms with Gasteiger partial charge in [-0.25, -0.2) is 0 Å². The predicted octanol–water partition coefficient (Wildman–Crippen LogP) is 4.40. The van der Waals surface area contributed by atoms with E-state index in [0.29, 0.717) is 36.5 Å². The van der Waals surface area contributed by atoms with E-state index >= 15 is 0 Å². The maximum Gasteiger partial charge on any atom is 0.281 e. The number of aryl methyl sites for hydroxylation is 2. The second-order valence-electron chi connectivity index (χ2n) is 9.08. The van der Waals surface area contributed by atoms with Crippen molar-refractivity contribution in [3.63, 3.8) is 0 Å². The first-order chi connectivity index (χ1) is 17.4. The first kappa shape index (κ1) is 23.7. The van der Waals surface area contributed by atoms with Crippen LogP contribution in [0.4, 0.5) is 0 Å². The zero-order valence-corrected chi connectivity index (χ0v) is 20.9. The largest absolute Gasteiger partial charge is 0.486 e. The fourth-order valence-corrected chi connectivity index (χ4v) is 5.01. The smallest absolute Gasteiger partial charge is 0.281 e. The van der Waals surface area contributed by atoms with Crippen molar-refractivity contribution in [2.45, 2.75) is 46.2 Å². The van der Waals surface area contributed by atoms with E-state index in [9.17, 15) is 9.59 Å². The number of nitrogens with one attached hydrogen (secondary N) is 1. The molecule has 5 rings (SSSR count). The number of hydrogen-bond donors (Lipinski definition) is 1. The van der Waals surface area contributed by atoms with E-state index in [2.05, 4.69) is 10.4 Å². The fourth-order valence-electron chi connectivity index (χ4n) is 5.01. The van der Waals surface area contributed by atoms with Crippen LogP contribution >= 0.6 is 0 Å². The number of ether oxygens (including phenoxy) is 2. The third-order valence-electron chi connectivity index (χ3n) is 6.88. The summed E-state index contributed by atoms with van der Waals surface area (Å²) in [7, 11) is 0. The number of aromatic nitrogens is 3. The Labute approximate surface area is 209 Å². The van der Waals surface area contributed by atoms with Gasteiger partial charge in [0.1, 0.15) is 19.3 Å². The van der Waals surface area contributed by atoms with Gasteiger partial charge < -0.3 is 19.4 Å². The number of nitrogens with zero attached hydrogens (tertiary/aromatic N) is 3. The van der Waals surface area contributed by atoms with E-state index in [1.807, 2.05) is 80.8 Å². The molecule has 0 saturated carbocycles. The molecule has 4 aromatic rings. The molecule has 1 aliphatic heterocycles. The summed E-state index contributed by atoms with van der Waals surface area (Å²) >= 11 is 0. The van der Waals surface area contributed by atoms with Crippen LogP contribution in [0.3, 0.4) is 0 Å². The number of carbonyl (C=O) groups is 1. The van der Waals surface area contributed by atoms with E-state index in [-0.39, 0.29) is 17.5 Å². The van der Waals surface area contributed by atoms with Crippen LogP contribution in [0.25, 0.3) is 16.5 Å². The third-order valence-corrected chi connectivity index (χ3v) is 6.88. The number of para-hydroxylation sites is 1. The molecular formula is C28H30N4O4. The van der Waals surface area contributed by atoms with Crippen molar-refractivity contribution < 1.29 is 14.3 Å². The van der Waals surface area contributed by atoms with E-state index in [0.717, 1.165) is 28.1 Å². The topological polar surface area (TPSA) is 87.4 Å². The lowest BCUT2D eigenvalue weighted by atomic mass is 10.1. The highest BCUT2D eigenvalue weighted by molar-refractivity contribution is 5.89. The average Bonchev–Trinajstić information content (AvgIpc) is 3.15. The molecule has 0 radical (unpaired) electrons. The molecule has 0 unspecified atom stereocenters. The Morgan fingerprint density at radius 1 is 1.06 bits per heavy atom. The van der Waals surface area contributed by atoms with E-state index < -0.39 is 6.04 Å². The van der Waals surface area contributed by atoms with Crippen LogP contribution in [0.1, 0.15) is 49.3 Å². The van der Waals surface area contributed by atoms with E-state index in [1.165, 1.54) is 4.68 Å². The van der Waals surface area contributed by atoms with Crippen LogP contribution in [0.2, 0.25) is 0 Å². The number of rotatable bonds is 6. The number of benzene rings is 2. The van der Waals surface area contributed by atoms with Gasteiger partial charge in [-0.1, -0.05) is 31.2 Å². The van der Waals surface area contributed by atoms with Crippen molar-refractivity contribution in [3.05, 3.63) is 82.0 Å². The molecule has 1 N–H and O–H groups in total. The molecule has 1 aliphatic rings. The molecule has 1 amide bonds. The van der Waals surface area contributed by atoms with E-state index in [4.69, 9.17) is 9.47 Å². The monoisotopic (exact) mass is 486 g/mol. The van der Waals surface area contributed by atoms with E-state index in [1.54, 1.807) is 6.20 Å². The Morgan fingerprint density at radius 3 is 2.50 bits per heavy atom. The van der Waals surface area contributed by atoms with Crippen LogP contribution in [0.15, 0.2) is 59.5 Å². The minimum absolute atomic E-state index is 0.109.